The second kappa shape index (κ2) is 4.18. The minimum absolute atomic E-state index is 0.0531. The molecule has 0 spiro atoms. The van der Waals surface area contributed by atoms with Gasteiger partial charge in [0.25, 0.3) is 5.91 Å². The normalized spacial score (nSPS) is 24.7. The molecule has 2 aliphatic heterocycles. The van der Waals surface area contributed by atoms with Crippen LogP contribution in [-0.2, 0) is 14.3 Å². The van der Waals surface area contributed by atoms with Crippen molar-refractivity contribution in [2.75, 3.05) is 6.54 Å². The largest absolute Gasteiger partial charge is 0.464 e. The molecule has 2 heterocycles. The summed E-state index contributed by atoms with van der Waals surface area (Å²) in [5, 5.41) is 2.47. The van der Waals surface area contributed by atoms with E-state index in [-0.39, 0.29) is 23.8 Å². The van der Waals surface area contributed by atoms with Gasteiger partial charge >= 0.3 is 0 Å². The van der Waals surface area contributed by atoms with Gasteiger partial charge in [0.2, 0.25) is 0 Å². The predicted molar refractivity (Wildman–Crippen MR) is 58.2 cm³/mol. The number of Topliss-reactive ketones (excluding diaryl/α,β-unsaturated/α-hetero) is 1. The van der Waals surface area contributed by atoms with Crippen LogP contribution in [0.15, 0.2) is 47.5 Å². The average Bonchev–Trinajstić information content (AvgIpc) is 2.59. The van der Waals surface area contributed by atoms with E-state index in [1.807, 2.05) is 19.1 Å². The van der Waals surface area contributed by atoms with Gasteiger partial charge in [-0.2, -0.15) is 0 Å². The molecule has 0 atom stereocenters. The van der Waals surface area contributed by atoms with Crippen molar-refractivity contribution in [3.63, 3.8) is 0 Å². The zero-order chi connectivity index (χ0) is 11.5. The Labute approximate surface area is 93.0 Å². The van der Waals surface area contributed by atoms with E-state index >= 15 is 0 Å². The van der Waals surface area contributed by atoms with Crippen LogP contribution in [0.25, 0.3) is 0 Å². The van der Waals surface area contributed by atoms with Crippen LogP contribution in [0.5, 0.6) is 0 Å². The Kier molecular flexibility index (Phi) is 2.72. The molecule has 4 heteroatoms. The molecule has 1 saturated heterocycles. The molecule has 2 rings (SSSR count). The number of carbonyl (C=O) groups is 2. The second-order valence-corrected chi connectivity index (χ2v) is 3.41. The van der Waals surface area contributed by atoms with Crippen LogP contribution in [0.2, 0.25) is 0 Å². The van der Waals surface area contributed by atoms with Crippen molar-refractivity contribution in [3.8, 4) is 0 Å². The average molecular weight is 217 g/mol. The molecule has 0 saturated carbocycles. The van der Waals surface area contributed by atoms with Gasteiger partial charge in [-0.15, -0.1) is 0 Å². The molecule has 0 aliphatic carbocycles. The van der Waals surface area contributed by atoms with Crippen molar-refractivity contribution in [1.82, 2.24) is 5.32 Å². The number of nitrogens with one attached hydrogen (secondary N) is 1. The maximum Gasteiger partial charge on any atom is 0.259 e. The van der Waals surface area contributed by atoms with E-state index in [0.29, 0.717) is 5.76 Å². The van der Waals surface area contributed by atoms with E-state index in [1.54, 1.807) is 12.2 Å². The Bertz CT molecular complexity index is 445. The molecule has 0 aromatic heterocycles. The number of carbonyl (C=O) groups excluding carboxylic acids is 2. The van der Waals surface area contributed by atoms with Crippen molar-refractivity contribution in [2.24, 2.45) is 0 Å². The molecule has 16 heavy (non-hydrogen) atoms. The van der Waals surface area contributed by atoms with Crippen LogP contribution < -0.4 is 5.32 Å². The first-order valence-corrected chi connectivity index (χ1v) is 4.95. The Balaban J connectivity index is 2.41. The van der Waals surface area contributed by atoms with Crippen molar-refractivity contribution in [2.45, 2.75) is 6.92 Å². The highest BCUT2D eigenvalue weighted by Crippen LogP contribution is 2.20. The van der Waals surface area contributed by atoms with Gasteiger partial charge in [0, 0.05) is 0 Å². The number of allylic oxidation sites excluding steroid dienone is 5. The van der Waals surface area contributed by atoms with Gasteiger partial charge in [-0.1, -0.05) is 12.2 Å². The minimum atomic E-state index is -0.369. The third kappa shape index (κ3) is 1.82. The first-order valence-electron chi connectivity index (χ1n) is 4.95. The summed E-state index contributed by atoms with van der Waals surface area (Å²) in [7, 11) is 0. The molecule has 0 aromatic rings. The molecule has 0 unspecified atom stereocenters. The van der Waals surface area contributed by atoms with Gasteiger partial charge in [0.15, 0.2) is 5.78 Å². The zero-order valence-corrected chi connectivity index (χ0v) is 8.82. The minimum Gasteiger partial charge on any atom is -0.464 e. The molecule has 1 amide bonds. The molecule has 2 aliphatic rings. The fourth-order valence-corrected chi connectivity index (χ4v) is 1.56. The van der Waals surface area contributed by atoms with Gasteiger partial charge in [-0.3, -0.25) is 9.59 Å². The van der Waals surface area contributed by atoms with E-state index < -0.39 is 0 Å². The molecular weight excluding hydrogens is 206 g/mol. The summed E-state index contributed by atoms with van der Waals surface area (Å²) in [5.74, 6) is -0.284. The summed E-state index contributed by atoms with van der Waals surface area (Å²) in [6, 6.07) is 0. The van der Waals surface area contributed by atoms with Crippen molar-refractivity contribution >= 4 is 11.7 Å². The number of amides is 1. The molecule has 82 valence electrons. The number of ketones is 1. The Morgan fingerprint density at radius 1 is 1.44 bits per heavy atom. The highest BCUT2D eigenvalue weighted by molar-refractivity contribution is 6.25. The lowest BCUT2D eigenvalue weighted by molar-refractivity contribution is -0.117. The van der Waals surface area contributed by atoms with E-state index in [9.17, 15) is 9.59 Å². The van der Waals surface area contributed by atoms with Crippen molar-refractivity contribution < 1.29 is 14.3 Å². The van der Waals surface area contributed by atoms with Crippen LogP contribution in [-0.4, -0.2) is 18.2 Å². The molecular formula is C12H11NO3. The molecule has 4 nitrogen and oxygen atoms in total. The lowest BCUT2D eigenvalue weighted by Crippen LogP contribution is -2.15. The molecule has 0 aromatic carbocycles. The van der Waals surface area contributed by atoms with Gasteiger partial charge < -0.3 is 10.1 Å². The summed E-state index contributed by atoms with van der Waals surface area (Å²) in [6.07, 6.45) is 8.66. The summed E-state index contributed by atoms with van der Waals surface area (Å²) in [4.78, 5) is 22.9. The number of ether oxygens (including phenoxy) is 1. The van der Waals surface area contributed by atoms with Crippen LogP contribution in [0, 0.1) is 0 Å². The predicted octanol–water partition coefficient (Wildman–Crippen LogP) is 0.986. The van der Waals surface area contributed by atoms with Crippen molar-refractivity contribution in [3.05, 3.63) is 47.5 Å². The first-order chi connectivity index (χ1) is 7.72. The van der Waals surface area contributed by atoms with Gasteiger partial charge in [-0.25, -0.2) is 0 Å². The van der Waals surface area contributed by atoms with Gasteiger partial charge in [-0.05, 0) is 24.6 Å². The van der Waals surface area contributed by atoms with E-state index in [1.165, 1.54) is 6.26 Å². The Hall–Kier alpha value is -2.10. The molecule has 0 bridgehead atoms. The fraction of sp³-hybridized carbons (Fsp3) is 0.167. The standard InChI is InChI=1S/C12H11NO3/c1-2-3-8-4-5-16-10(6-8)11-9(14)7-13-12(11)15/h2-6H,7H2,1H3,(H,13,15)/b3-2+,11-10-. The summed E-state index contributed by atoms with van der Waals surface area (Å²) >= 11 is 0. The summed E-state index contributed by atoms with van der Waals surface area (Å²) in [6.45, 7) is 1.95. The number of hydrogen-bond acceptors (Lipinski definition) is 3. The molecule has 1 fully saturated rings. The van der Waals surface area contributed by atoms with Crippen LogP contribution in [0.4, 0.5) is 0 Å². The van der Waals surface area contributed by atoms with Crippen LogP contribution in [0.3, 0.4) is 0 Å². The lowest BCUT2D eigenvalue weighted by atomic mass is 10.1. The topological polar surface area (TPSA) is 55.4 Å². The Morgan fingerprint density at radius 2 is 2.25 bits per heavy atom. The summed E-state index contributed by atoms with van der Waals surface area (Å²) in [5.41, 5.74) is 0.995. The highest BCUT2D eigenvalue weighted by Gasteiger charge is 2.30. The summed E-state index contributed by atoms with van der Waals surface area (Å²) < 4.78 is 5.19. The monoisotopic (exact) mass is 217 g/mol. The third-order valence-electron chi connectivity index (χ3n) is 2.27. The molecule has 1 N–H and O–H groups in total. The number of rotatable bonds is 1. The Morgan fingerprint density at radius 3 is 2.88 bits per heavy atom. The molecule has 0 radical (unpaired) electrons. The SMILES string of the molecule is C/C=C/C1=CC(=C2\C(=O)CNC2=O)/OC=C1. The zero-order valence-electron chi connectivity index (χ0n) is 8.82. The lowest BCUT2D eigenvalue weighted by Gasteiger charge is -2.09. The second-order valence-electron chi connectivity index (χ2n) is 3.41. The van der Waals surface area contributed by atoms with Crippen LogP contribution >= 0.6 is 0 Å². The third-order valence-corrected chi connectivity index (χ3v) is 2.27. The quantitative estimate of drug-likeness (QED) is 0.526. The van der Waals surface area contributed by atoms with E-state index in [4.69, 9.17) is 4.74 Å². The van der Waals surface area contributed by atoms with Gasteiger partial charge in [0.05, 0.1) is 12.8 Å². The smallest absolute Gasteiger partial charge is 0.259 e. The fourth-order valence-electron chi connectivity index (χ4n) is 1.56. The first kappa shape index (κ1) is 10.4. The van der Waals surface area contributed by atoms with E-state index in [2.05, 4.69) is 5.32 Å². The maximum absolute atomic E-state index is 11.5. The highest BCUT2D eigenvalue weighted by atomic mass is 16.5. The van der Waals surface area contributed by atoms with Crippen molar-refractivity contribution in [1.29, 1.82) is 0 Å². The van der Waals surface area contributed by atoms with Gasteiger partial charge in [0.1, 0.15) is 11.3 Å². The maximum atomic E-state index is 11.5. The van der Waals surface area contributed by atoms with Crippen LogP contribution in [0.1, 0.15) is 6.92 Å². The number of hydrogen-bond donors (Lipinski definition) is 1. The van der Waals surface area contributed by atoms with E-state index in [0.717, 1.165) is 5.57 Å².